The number of hydrogen-bond donors (Lipinski definition) is 0. The van der Waals surface area contributed by atoms with Crippen LogP contribution in [0.2, 0.25) is 5.02 Å². The van der Waals surface area contributed by atoms with E-state index in [1.54, 1.807) is 18.0 Å². The first-order chi connectivity index (χ1) is 13.4. The number of sulfonamides is 1. The summed E-state index contributed by atoms with van der Waals surface area (Å²) in [6.07, 6.45) is 3.75. The van der Waals surface area contributed by atoms with Gasteiger partial charge in [0.05, 0.1) is 5.02 Å². The fraction of sp³-hybridized carbons (Fsp3) is 0.381. The summed E-state index contributed by atoms with van der Waals surface area (Å²) in [6.45, 7) is 1.42. The third-order valence-corrected chi connectivity index (χ3v) is 7.35. The van der Waals surface area contributed by atoms with Crippen LogP contribution in [0.3, 0.4) is 0 Å². The van der Waals surface area contributed by atoms with Crippen molar-refractivity contribution in [2.24, 2.45) is 0 Å². The molecule has 0 radical (unpaired) electrons. The molecule has 0 spiro atoms. The van der Waals surface area contributed by atoms with Crippen molar-refractivity contribution >= 4 is 27.5 Å². The third kappa shape index (κ3) is 4.74. The van der Waals surface area contributed by atoms with Gasteiger partial charge in [-0.2, -0.15) is 4.31 Å². The fourth-order valence-corrected chi connectivity index (χ4v) is 5.42. The molecule has 1 aliphatic rings. The van der Waals surface area contributed by atoms with Gasteiger partial charge < -0.3 is 4.90 Å². The van der Waals surface area contributed by atoms with Crippen LogP contribution in [0.25, 0.3) is 0 Å². The topological polar surface area (TPSA) is 57.7 Å². The van der Waals surface area contributed by atoms with E-state index in [4.69, 9.17) is 11.6 Å². The number of hydrogen-bond acceptors (Lipinski definition) is 3. The summed E-state index contributed by atoms with van der Waals surface area (Å²) in [6, 6.07) is 14.1. The van der Waals surface area contributed by atoms with Gasteiger partial charge in [0.2, 0.25) is 10.0 Å². The zero-order chi connectivity index (χ0) is 20.1. The van der Waals surface area contributed by atoms with Crippen LogP contribution in [0.5, 0.6) is 0 Å². The molecule has 28 heavy (non-hydrogen) atoms. The Hall–Kier alpha value is -1.89. The first-order valence-electron chi connectivity index (χ1n) is 9.48. The van der Waals surface area contributed by atoms with E-state index < -0.39 is 10.0 Å². The molecule has 3 rings (SSSR count). The van der Waals surface area contributed by atoms with Crippen LogP contribution >= 0.6 is 11.6 Å². The zero-order valence-electron chi connectivity index (χ0n) is 16.0. The number of nitrogens with zero attached hydrogens (tertiary/aromatic N) is 2. The van der Waals surface area contributed by atoms with Gasteiger partial charge in [-0.05, 0) is 36.6 Å². The molecule has 0 saturated carbocycles. The molecule has 7 heteroatoms. The van der Waals surface area contributed by atoms with Crippen LogP contribution in [0, 0.1) is 0 Å². The first-order valence-corrected chi connectivity index (χ1v) is 11.3. The lowest BCUT2D eigenvalue weighted by atomic mass is 10.1. The summed E-state index contributed by atoms with van der Waals surface area (Å²) >= 11 is 6.22. The average molecular weight is 421 g/mol. The molecular formula is C21H25ClN2O3S. The zero-order valence-corrected chi connectivity index (χ0v) is 17.5. The fourth-order valence-electron chi connectivity index (χ4n) is 3.40. The van der Waals surface area contributed by atoms with Crippen molar-refractivity contribution in [3.05, 3.63) is 64.7 Å². The summed E-state index contributed by atoms with van der Waals surface area (Å²) < 4.78 is 27.7. The molecule has 0 unspecified atom stereocenters. The Balaban J connectivity index is 1.85. The molecule has 150 valence electrons. The van der Waals surface area contributed by atoms with Gasteiger partial charge in [0.15, 0.2) is 0 Å². The van der Waals surface area contributed by atoms with Crippen LogP contribution in [-0.4, -0.2) is 43.7 Å². The Morgan fingerprint density at radius 1 is 1.04 bits per heavy atom. The minimum Gasteiger partial charge on any atom is -0.337 e. The lowest BCUT2D eigenvalue weighted by Crippen LogP contribution is -2.32. The number of benzene rings is 2. The van der Waals surface area contributed by atoms with Gasteiger partial charge in [-0.15, -0.1) is 0 Å². The largest absolute Gasteiger partial charge is 0.337 e. The highest BCUT2D eigenvalue weighted by molar-refractivity contribution is 7.89. The first kappa shape index (κ1) is 20.8. The maximum Gasteiger partial charge on any atom is 0.253 e. The Morgan fingerprint density at radius 3 is 2.32 bits per heavy atom. The van der Waals surface area contributed by atoms with Gasteiger partial charge in [0.25, 0.3) is 5.91 Å². The van der Waals surface area contributed by atoms with Crippen molar-refractivity contribution in [3.63, 3.8) is 0 Å². The maximum atomic E-state index is 13.1. The summed E-state index contributed by atoms with van der Waals surface area (Å²) in [4.78, 5) is 14.4. The van der Waals surface area contributed by atoms with Crippen molar-refractivity contribution in [2.45, 2.75) is 37.1 Å². The van der Waals surface area contributed by atoms with E-state index in [-0.39, 0.29) is 15.8 Å². The van der Waals surface area contributed by atoms with Crippen LogP contribution < -0.4 is 0 Å². The normalized spacial score (nSPS) is 15.8. The van der Waals surface area contributed by atoms with Gasteiger partial charge >= 0.3 is 0 Å². The van der Waals surface area contributed by atoms with Gasteiger partial charge in [-0.3, -0.25) is 4.79 Å². The van der Waals surface area contributed by atoms with Crippen molar-refractivity contribution in [1.29, 1.82) is 0 Å². The molecule has 0 aliphatic carbocycles. The monoisotopic (exact) mass is 420 g/mol. The molecule has 0 atom stereocenters. The smallest absolute Gasteiger partial charge is 0.253 e. The lowest BCUT2D eigenvalue weighted by Gasteiger charge is -2.22. The summed E-state index contributed by atoms with van der Waals surface area (Å²) in [5.41, 5.74) is 1.32. The summed E-state index contributed by atoms with van der Waals surface area (Å²) in [5.74, 6) is -0.243. The Kier molecular flexibility index (Phi) is 6.75. The highest BCUT2D eigenvalue weighted by atomic mass is 35.5. The predicted octanol–water partition coefficient (Wildman–Crippen LogP) is 4.18. The van der Waals surface area contributed by atoms with E-state index in [1.165, 1.54) is 16.4 Å². The Labute approximate surface area is 172 Å². The van der Waals surface area contributed by atoms with Crippen molar-refractivity contribution in [1.82, 2.24) is 9.21 Å². The molecule has 2 aromatic rings. The average Bonchev–Trinajstić information content (AvgIpc) is 2.98. The second-order valence-corrected chi connectivity index (χ2v) is 9.42. The van der Waals surface area contributed by atoms with E-state index >= 15 is 0 Å². The third-order valence-electron chi connectivity index (χ3n) is 4.97. The molecule has 0 bridgehead atoms. The second-order valence-electron chi connectivity index (χ2n) is 7.11. The van der Waals surface area contributed by atoms with E-state index in [2.05, 4.69) is 0 Å². The Bertz CT molecular complexity index is 924. The number of carbonyl (C=O) groups is 1. The van der Waals surface area contributed by atoms with Gasteiger partial charge in [-0.1, -0.05) is 54.8 Å². The maximum absolute atomic E-state index is 13.1. The van der Waals surface area contributed by atoms with Gasteiger partial charge in [-0.25, -0.2) is 8.42 Å². The van der Waals surface area contributed by atoms with Crippen molar-refractivity contribution in [3.8, 4) is 0 Å². The molecule has 1 saturated heterocycles. The van der Waals surface area contributed by atoms with Gasteiger partial charge in [0.1, 0.15) is 4.90 Å². The minimum atomic E-state index is -3.73. The number of amides is 1. The van der Waals surface area contributed by atoms with E-state index in [0.29, 0.717) is 25.2 Å². The van der Waals surface area contributed by atoms with E-state index in [9.17, 15) is 13.2 Å². The van der Waals surface area contributed by atoms with Crippen LogP contribution in [0.1, 0.15) is 41.6 Å². The lowest BCUT2D eigenvalue weighted by molar-refractivity contribution is 0.0785. The molecule has 5 nitrogen and oxygen atoms in total. The minimum absolute atomic E-state index is 0.00928. The molecule has 1 aliphatic heterocycles. The summed E-state index contributed by atoms with van der Waals surface area (Å²) in [7, 11) is -2.02. The molecule has 2 aromatic carbocycles. The van der Waals surface area contributed by atoms with Crippen molar-refractivity contribution in [2.75, 3.05) is 20.1 Å². The highest BCUT2D eigenvalue weighted by Crippen LogP contribution is 2.28. The number of halogens is 1. The van der Waals surface area contributed by atoms with Crippen molar-refractivity contribution < 1.29 is 13.2 Å². The summed E-state index contributed by atoms with van der Waals surface area (Å²) in [5, 5.41) is 0.145. The molecule has 1 heterocycles. The number of rotatable bonds is 5. The van der Waals surface area contributed by atoms with E-state index in [1.807, 2.05) is 30.3 Å². The van der Waals surface area contributed by atoms with Gasteiger partial charge in [0, 0.05) is 32.2 Å². The molecule has 0 N–H and O–H groups in total. The highest BCUT2D eigenvalue weighted by Gasteiger charge is 2.28. The standard InChI is InChI=1S/C21H25ClN2O3S/c1-23(16-17-9-5-4-6-10-17)21(25)18-11-12-19(22)20(15-18)28(26,27)24-13-7-2-3-8-14-24/h4-6,9-12,15H,2-3,7-8,13-14,16H2,1H3. The van der Waals surface area contributed by atoms with Crippen LogP contribution in [0.15, 0.2) is 53.4 Å². The second kappa shape index (κ2) is 9.07. The van der Waals surface area contributed by atoms with Crippen LogP contribution in [0.4, 0.5) is 0 Å². The molecule has 1 amide bonds. The SMILES string of the molecule is CN(Cc1ccccc1)C(=O)c1ccc(Cl)c(S(=O)(=O)N2CCCCCC2)c1. The Morgan fingerprint density at radius 2 is 1.68 bits per heavy atom. The van der Waals surface area contributed by atoms with Crippen LogP contribution in [-0.2, 0) is 16.6 Å². The molecule has 0 aromatic heterocycles. The molecular weight excluding hydrogens is 396 g/mol. The molecule has 1 fully saturated rings. The quantitative estimate of drug-likeness (QED) is 0.729. The number of carbonyl (C=O) groups excluding carboxylic acids is 1. The predicted molar refractivity (Wildman–Crippen MR) is 111 cm³/mol. The van der Waals surface area contributed by atoms with E-state index in [0.717, 1.165) is 31.2 Å².